The molecule has 0 aliphatic rings. The molecule has 1 N–H and O–H groups in total. The zero-order chi connectivity index (χ0) is 24.1. The zero-order valence-corrected chi connectivity index (χ0v) is 20.4. The van der Waals surface area contributed by atoms with Crippen LogP contribution in [0.1, 0.15) is 37.5 Å². The molecule has 2 aromatic carbocycles. The van der Waals surface area contributed by atoms with Crippen molar-refractivity contribution in [3.05, 3.63) is 65.2 Å². The lowest BCUT2D eigenvalue weighted by Gasteiger charge is -2.32. The second-order valence-electron chi connectivity index (χ2n) is 8.46. The summed E-state index contributed by atoms with van der Waals surface area (Å²) in [5.41, 5.74) is 3.19. The predicted octanol–water partition coefficient (Wildman–Crippen LogP) is 3.01. The van der Waals surface area contributed by atoms with Crippen LogP contribution in [-0.2, 0) is 26.2 Å². The van der Waals surface area contributed by atoms with Crippen molar-refractivity contribution < 1.29 is 18.0 Å². The molecular weight excluding hydrogens is 426 g/mol. The summed E-state index contributed by atoms with van der Waals surface area (Å²) < 4.78 is 26.1. The van der Waals surface area contributed by atoms with Gasteiger partial charge in [0.15, 0.2) is 0 Å². The number of amides is 2. The minimum absolute atomic E-state index is 0.0827. The van der Waals surface area contributed by atoms with E-state index in [1.165, 1.54) is 4.90 Å². The SMILES string of the molecule is Cc1cccc(CN(C(=O)CN(c2cccc(C)c2)S(C)(=O)=O)[C@@H](C)C(=O)NC(C)C)c1. The van der Waals surface area contributed by atoms with Crippen LogP contribution in [0, 0.1) is 13.8 Å². The molecule has 2 aromatic rings. The van der Waals surface area contributed by atoms with Gasteiger partial charge in [-0.2, -0.15) is 0 Å². The fraction of sp³-hybridized carbons (Fsp3) is 0.417. The van der Waals surface area contributed by atoms with Gasteiger partial charge in [-0.15, -0.1) is 0 Å². The molecule has 0 bridgehead atoms. The third kappa shape index (κ3) is 7.09. The third-order valence-electron chi connectivity index (χ3n) is 5.00. The number of hydrogen-bond donors (Lipinski definition) is 1. The first-order valence-corrected chi connectivity index (χ1v) is 12.4. The number of nitrogens with zero attached hydrogens (tertiary/aromatic N) is 2. The van der Waals surface area contributed by atoms with Gasteiger partial charge in [-0.25, -0.2) is 8.42 Å². The monoisotopic (exact) mass is 459 g/mol. The number of carbonyl (C=O) groups is 2. The predicted molar refractivity (Wildman–Crippen MR) is 128 cm³/mol. The van der Waals surface area contributed by atoms with Gasteiger partial charge < -0.3 is 10.2 Å². The Kier molecular flexibility index (Phi) is 8.44. The maximum absolute atomic E-state index is 13.4. The van der Waals surface area contributed by atoms with Crippen molar-refractivity contribution in [3.8, 4) is 0 Å². The van der Waals surface area contributed by atoms with Crippen LogP contribution in [0.4, 0.5) is 5.69 Å². The summed E-state index contributed by atoms with van der Waals surface area (Å²) in [6.07, 6.45) is 1.07. The smallest absolute Gasteiger partial charge is 0.244 e. The molecular formula is C24H33N3O4S. The minimum Gasteiger partial charge on any atom is -0.352 e. The summed E-state index contributed by atoms with van der Waals surface area (Å²) in [7, 11) is -3.72. The molecule has 0 aliphatic carbocycles. The molecule has 0 fully saturated rings. The molecule has 7 nitrogen and oxygen atoms in total. The van der Waals surface area contributed by atoms with Gasteiger partial charge in [-0.3, -0.25) is 13.9 Å². The summed E-state index contributed by atoms with van der Waals surface area (Å²) in [5.74, 6) is -0.743. The van der Waals surface area contributed by atoms with Crippen molar-refractivity contribution in [2.75, 3.05) is 17.1 Å². The second kappa shape index (κ2) is 10.6. The summed E-state index contributed by atoms with van der Waals surface area (Å²) in [5, 5.41) is 2.83. The summed E-state index contributed by atoms with van der Waals surface area (Å²) in [4.78, 5) is 27.6. The normalized spacial score (nSPS) is 12.3. The number of sulfonamides is 1. The first-order chi connectivity index (χ1) is 14.9. The third-order valence-corrected chi connectivity index (χ3v) is 6.14. The quantitative estimate of drug-likeness (QED) is 0.625. The highest BCUT2D eigenvalue weighted by Crippen LogP contribution is 2.20. The Labute approximate surface area is 191 Å². The summed E-state index contributed by atoms with van der Waals surface area (Å²) in [6.45, 7) is 8.96. The van der Waals surface area contributed by atoms with Crippen molar-refractivity contribution in [2.45, 2.75) is 53.2 Å². The molecule has 2 rings (SSSR count). The average Bonchev–Trinajstić information content (AvgIpc) is 2.68. The Morgan fingerprint density at radius 3 is 2.09 bits per heavy atom. The van der Waals surface area contributed by atoms with E-state index in [2.05, 4.69) is 5.32 Å². The van der Waals surface area contributed by atoms with Gasteiger partial charge >= 0.3 is 0 Å². The van der Waals surface area contributed by atoms with Gasteiger partial charge in [0.25, 0.3) is 0 Å². The Balaban J connectivity index is 2.39. The Hall–Kier alpha value is -2.87. The number of nitrogens with one attached hydrogen (secondary N) is 1. The topological polar surface area (TPSA) is 86.8 Å². The molecule has 0 aliphatic heterocycles. The Morgan fingerprint density at radius 1 is 0.969 bits per heavy atom. The van der Waals surface area contributed by atoms with Gasteiger partial charge in [-0.1, -0.05) is 42.0 Å². The first kappa shape index (κ1) is 25.4. The molecule has 0 saturated carbocycles. The van der Waals surface area contributed by atoms with Crippen LogP contribution in [0.3, 0.4) is 0 Å². The van der Waals surface area contributed by atoms with E-state index in [9.17, 15) is 18.0 Å². The molecule has 0 aromatic heterocycles. The standard InChI is InChI=1S/C24H33N3O4S/c1-17(2)25-24(29)20(5)26(15-21-11-7-9-18(3)13-21)23(28)16-27(32(6,30)31)22-12-8-10-19(4)14-22/h7-14,17,20H,15-16H2,1-6H3,(H,25,29)/t20-/m0/s1. The molecule has 0 spiro atoms. The highest BCUT2D eigenvalue weighted by Gasteiger charge is 2.30. The Morgan fingerprint density at radius 2 is 1.56 bits per heavy atom. The lowest BCUT2D eigenvalue weighted by Crippen LogP contribution is -2.52. The van der Waals surface area contributed by atoms with E-state index in [1.807, 2.05) is 58.0 Å². The van der Waals surface area contributed by atoms with E-state index in [0.29, 0.717) is 5.69 Å². The summed E-state index contributed by atoms with van der Waals surface area (Å²) >= 11 is 0. The van der Waals surface area contributed by atoms with Crippen molar-refractivity contribution in [2.24, 2.45) is 0 Å². The molecule has 32 heavy (non-hydrogen) atoms. The van der Waals surface area contributed by atoms with Crippen LogP contribution < -0.4 is 9.62 Å². The van der Waals surface area contributed by atoms with Crippen molar-refractivity contribution in [1.29, 1.82) is 0 Å². The van der Waals surface area contributed by atoms with Crippen LogP contribution in [-0.4, -0.2) is 50.0 Å². The molecule has 0 saturated heterocycles. The number of benzene rings is 2. The number of anilines is 1. The molecule has 174 valence electrons. The van der Waals surface area contributed by atoms with Crippen molar-refractivity contribution in [1.82, 2.24) is 10.2 Å². The molecule has 0 unspecified atom stereocenters. The largest absolute Gasteiger partial charge is 0.352 e. The van der Waals surface area contributed by atoms with Crippen LogP contribution in [0.5, 0.6) is 0 Å². The summed E-state index contributed by atoms with van der Waals surface area (Å²) in [6, 6.07) is 13.8. The van der Waals surface area contributed by atoms with Gasteiger partial charge in [0.05, 0.1) is 11.9 Å². The van der Waals surface area contributed by atoms with E-state index in [0.717, 1.165) is 27.3 Å². The average molecular weight is 460 g/mol. The van der Waals surface area contributed by atoms with Crippen LogP contribution in [0.2, 0.25) is 0 Å². The van der Waals surface area contributed by atoms with Crippen LogP contribution in [0.25, 0.3) is 0 Å². The molecule has 0 heterocycles. The highest BCUT2D eigenvalue weighted by molar-refractivity contribution is 7.92. The maximum Gasteiger partial charge on any atom is 0.244 e. The number of aryl methyl sites for hydroxylation is 2. The lowest BCUT2D eigenvalue weighted by atomic mass is 10.1. The fourth-order valence-corrected chi connectivity index (χ4v) is 4.23. The second-order valence-corrected chi connectivity index (χ2v) is 10.4. The first-order valence-electron chi connectivity index (χ1n) is 10.6. The number of hydrogen-bond acceptors (Lipinski definition) is 4. The van der Waals surface area contributed by atoms with E-state index in [-0.39, 0.29) is 18.5 Å². The maximum atomic E-state index is 13.4. The van der Waals surface area contributed by atoms with E-state index in [1.54, 1.807) is 25.1 Å². The van der Waals surface area contributed by atoms with Gasteiger partial charge in [0.1, 0.15) is 12.6 Å². The highest BCUT2D eigenvalue weighted by atomic mass is 32.2. The lowest BCUT2D eigenvalue weighted by molar-refractivity contribution is -0.139. The van der Waals surface area contributed by atoms with Gasteiger partial charge in [-0.05, 0) is 57.9 Å². The van der Waals surface area contributed by atoms with Gasteiger partial charge in [0.2, 0.25) is 21.8 Å². The zero-order valence-electron chi connectivity index (χ0n) is 19.6. The minimum atomic E-state index is -3.72. The van der Waals surface area contributed by atoms with Gasteiger partial charge in [0, 0.05) is 12.6 Å². The molecule has 2 amide bonds. The number of rotatable bonds is 9. The fourth-order valence-electron chi connectivity index (χ4n) is 3.39. The van der Waals surface area contributed by atoms with Crippen molar-refractivity contribution in [3.63, 3.8) is 0 Å². The Bertz CT molecular complexity index is 1070. The molecule has 0 radical (unpaired) electrons. The van der Waals surface area contributed by atoms with Crippen molar-refractivity contribution >= 4 is 27.5 Å². The molecule has 8 heteroatoms. The van der Waals surface area contributed by atoms with E-state index in [4.69, 9.17) is 0 Å². The van der Waals surface area contributed by atoms with E-state index >= 15 is 0 Å². The van der Waals surface area contributed by atoms with Crippen LogP contribution >= 0.6 is 0 Å². The molecule has 1 atom stereocenters. The number of carbonyl (C=O) groups excluding carboxylic acids is 2. The van der Waals surface area contributed by atoms with Crippen LogP contribution in [0.15, 0.2) is 48.5 Å². The van der Waals surface area contributed by atoms with E-state index < -0.39 is 28.5 Å².